The lowest BCUT2D eigenvalue weighted by Crippen LogP contribution is -2.44. The van der Waals surface area contributed by atoms with Crippen LogP contribution in [-0.4, -0.2) is 43.8 Å². The van der Waals surface area contributed by atoms with Gasteiger partial charge in [0.05, 0.1) is 13.2 Å². The molecular weight excluding hydrogens is 164 g/mol. The van der Waals surface area contributed by atoms with Crippen LogP contribution in [0.1, 0.15) is 13.3 Å². The number of ether oxygens (including phenoxy) is 1. The Morgan fingerprint density at radius 2 is 2.38 bits per heavy atom. The van der Waals surface area contributed by atoms with Crippen LogP contribution in [0, 0.1) is 0 Å². The summed E-state index contributed by atoms with van der Waals surface area (Å²) >= 11 is 0. The molecule has 0 aromatic heterocycles. The molecule has 0 aromatic carbocycles. The van der Waals surface area contributed by atoms with Crippen molar-refractivity contribution in [3.05, 3.63) is 12.2 Å². The molecule has 0 bridgehead atoms. The largest absolute Gasteiger partial charge is 0.378 e. The van der Waals surface area contributed by atoms with Crippen molar-refractivity contribution < 1.29 is 4.74 Å². The normalized spacial score (nSPS) is 25.5. The van der Waals surface area contributed by atoms with Gasteiger partial charge in [-0.1, -0.05) is 19.1 Å². The van der Waals surface area contributed by atoms with Gasteiger partial charge in [-0.3, -0.25) is 4.90 Å². The fourth-order valence-electron chi connectivity index (χ4n) is 1.61. The van der Waals surface area contributed by atoms with Crippen LogP contribution in [0.3, 0.4) is 0 Å². The lowest BCUT2D eigenvalue weighted by atomic mass is 10.2. The molecule has 1 unspecified atom stereocenters. The van der Waals surface area contributed by atoms with Gasteiger partial charge in [-0.05, 0) is 6.42 Å². The second kappa shape index (κ2) is 6.13. The van der Waals surface area contributed by atoms with Gasteiger partial charge >= 0.3 is 0 Å². The van der Waals surface area contributed by atoms with E-state index in [1.165, 1.54) is 0 Å². The average Bonchev–Trinajstić information content (AvgIpc) is 2.19. The molecule has 0 radical (unpaired) electrons. The Kier molecular flexibility index (Phi) is 5.05. The average molecular weight is 184 g/mol. The summed E-state index contributed by atoms with van der Waals surface area (Å²) in [7, 11) is 0. The maximum absolute atomic E-state index is 5.42. The highest BCUT2D eigenvalue weighted by Gasteiger charge is 2.19. The highest BCUT2D eigenvalue weighted by Crippen LogP contribution is 2.09. The summed E-state index contributed by atoms with van der Waals surface area (Å²) in [5, 5.41) is 0. The Balaban J connectivity index is 2.31. The Bertz CT molecular complexity index is 159. The smallest absolute Gasteiger partial charge is 0.0622 e. The van der Waals surface area contributed by atoms with E-state index < -0.39 is 0 Å². The van der Waals surface area contributed by atoms with Gasteiger partial charge in [0.25, 0.3) is 0 Å². The van der Waals surface area contributed by atoms with Crippen molar-refractivity contribution in [3.8, 4) is 0 Å². The highest BCUT2D eigenvalue weighted by atomic mass is 16.5. The molecule has 1 rings (SSSR count). The minimum Gasteiger partial charge on any atom is -0.378 e. The predicted molar refractivity (Wildman–Crippen MR) is 54.7 cm³/mol. The molecule has 0 spiro atoms. The Hall–Kier alpha value is -0.380. The zero-order valence-electron chi connectivity index (χ0n) is 8.41. The Morgan fingerprint density at radius 3 is 3.08 bits per heavy atom. The van der Waals surface area contributed by atoms with E-state index in [0.717, 1.165) is 32.7 Å². The first-order valence-electron chi connectivity index (χ1n) is 5.05. The van der Waals surface area contributed by atoms with Crippen LogP contribution in [0.5, 0.6) is 0 Å². The van der Waals surface area contributed by atoms with Crippen molar-refractivity contribution in [1.82, 2.24) is 4.90 Å². The SMILES string of the molecule is CCC1COCCN1CC=CCN. The van der Waals surface area contributed by atoms with Gasteiger partial charge in [-0.2, -0.15) is 0 Å². The number of nitrogens with zero attached hydrogens (tertiary/aromatic N) is 1. The number of hydrogen-bond acceptors (Lipinski definition) is 3. The third-order valence-electron chi connectivity index (χ3n) is 2.46. The second-order valence-corrected chi connectivity index (χ2v) is 3.34. The molecule has 0 aromatic rings. The molecule has 1 atom stereocenters. The molecule has 0 amide bonds. The third kappa shape index (κ3) is 3.46. The van der Waals surface area contributed by atoms with Crippen LogP contribution in [0.2, 0.25) is 0 Å². The van der Waals surface area contributed by atoms with Gasteiger partial charge in [-0.15, -0.1) is 0 Å². The van der Waals surface area contributed by atoms with E-state index in [0.29, 0.717) is 12.6 Å². The fourth-order valence-corrected chi connectivity index (χ4v) is 1.61. The quantitative estimate of drug-likeness (QED) is 0.651. The molecule has 76 valence electrons. The van der Waals surface area contributed by atoms with Crippen LogP contribution in [-0.2, 0) is 4.74 Å². The van der Waals surface area contributed by atoms with Crippen LogP contribution < -0.4 is 5.73 Å². The van der Waals surface area contributed by atoms with E-state index >= 15 is 0 Å². The summed E-state index contributed by atoms with van der Waals surface area (Å²) in [5.41, 5.74) is 5.38. The first-order valence-corrected chi connectivity index (χ1v) is 5.05. The van der Waals surface area contributed by atoms with Crippen molar-refractivity contribution >= 4 is 0 Å². The monoisotopic (exact) mass is 184 g/mol. The maximum Gasteiger partial charge on any atom is 0.0622 e. The predicted octanol–water partition coefficient (Wildman–Crippen LogP) is 0.612. The molecule has 0 aliphatic carbocycles. The lowest BCUT2D eigenvalue weighted by Gasteiger charge is -2.34. The number of rotatable bonds is 4. The molecular formula is C10H20N2O. The minimum absolute atomic E-state index is 0.594. The van der Waals surface area contributed by atoms with E-state index in [2.05, 4.69) is 17.9 Å². The summed E-state index contributed by atoms with van der Waals surface area (Å²) < 4.78 is 5.42. The van der Waals surface area contributed by atoms with Crippen LogP contribution in [0.15, 0.2) is 12.2 Å². The van der Waals surface area contributed by atoms with Gasteiger partial charge < -0.3 is 10.5 Å². The number of nitrogens with two attached hydrogens (primary N) is 1. The molecule has 13 heavy (non-hydrogen) atoms. The standard InChI is InChI=1S/C10H20N2O/c1-2-10-9-13-8-7-12(10)6-4-3-5-11/h3-4,10H,2,5-9,11H2,1H3. The Labute approximate surface area is 80.5 Å². The van der Waals surface area contributed by atoms with E-state index in [4.69, 9.17) is 10.5 Å². The van der Waals surface area contributed by atoms with Gasteiger partial charge in [0.15, 0.2) is 0 Å². The summed E-state index contributed by atoms with van der Waals surface area (Å²) in [6, 6.07) is 0.594. The van der Waals surface area contributed by atoms with E-state index in [1.807, 2.05) is 6.08 Å². The van der Waals surface area contributed by atoms with E-state index in [9.17, 15) is 0 Å². The number of morpholine rings is 1. The van der Waals surface area contributed by atoms with Crippen molar-refractivity contribution in [2.75, 3.05) is 32.8 Å². The summed E-state index contributed by atoms with van der Waals surface area (Å²) in [6.45, 7) is 6.66. The first-order chi connectivity index (χ1) is 6.38. The van der Waals surface area contributed by atoms with Crippen LogP contribution >= 0.6 is 0 Å². The second-order valence-electron chi connectivity index (χ2n) is 3.34. The molecule has 3 nitrogen and oxygen atoms in total. The molecule has 3 heteroatoms. The zero-order valence-corrected chi connectivity index (χ0v) is 8.41. The minimum atomic E-state index is 0.594. The molecule has 1 fully saturated rings. The third-order valence-corrected chi connectivity index (χ3v) is 2.46. The molecule has 0 saturated carbocycles. The summed E-state index contributed by atoms with van der Waals surface area (Å²) in [4.78, 5) is 2.45. The molecule has 2 N–H and O–H groups in total. The number of hydrogen-bond donors (Lipinski definition) is 1. The lowest BCUT2D eigenvalue weighted by molar-refractivity contribution is -0.00276. The fraction of sp³-hybridized carbons (Fsp3) is 0.800. The molecule has 1 aliphatic rings. The van der Waals surface area contributed by atoms with Gasteiger partial charge in [0, 0.05) is 25.7 Å². The van der Waals surface area contributed by atoms with Crippen molar-refractivity contribution in [1.29, 1.82) is 0 Å². The zero-order chi connectivity index (χ0) is 9.52. The van der Waals surface area contributed by atoms with E-state index in [-0.39, 0.29) is 0 Å². The first kappa shape index (κ1) is 10.7. The molecule has 1 saturated heterocycles. The van der Waals surface area contributed by atoms with Crippen LogP contribution in [0.25, 0.3) is 0 Å². The van der Waals surface area contributed by atoms with Crippen LogP contribution in [0.4, 0.5) is 0 Å². The summed E-state index contributed by atoms with van der Waals surface area (Å²) in [6.07, 6.45) is 5.33. The van der Waals surface area contributed by atoms with Gasteiger partial charge in [-0.25, -0.2) is 0 Å². The molecule has 1 aliphatic heterocycles. The Morgan fingerprint density at radius 1 is 1.54 bits per heavy atom. The highest BCUT2D eigenvalue weighted by molar-refractivity contribution is 4.88. The van der Waals surface area contributed by atoms with Crippen molar-refractivity contribution in [2.45, 2.75) is 19.4 Å². The van der Waals surface area contributed by atoms with E-state index in [1.54, 1.807) is 0 Å². The maximum atomic E-state index is 5.42. The topological polar surface area (TPSA) is 38.5 Å². The van der Waals surface area contributed by atoms with Crippen molar-refractivity contribution in [2.24, 2.45) is 5.73 Å². The van der Waals surface area contributed by atoms with Crippen molar-refractivity contribution in [3.63, 3.8) is 0 Å². The van der Waals surface area contributed by atoms with Gasteiger partial charge in [0.2, 0.25) is 0 Å². The molecule has 1 heterocycles. The van der Waals surface area contributed by atoms with Gasteiger partial charge in [0.1, 0.15) is 0 Å². The summed E-state index contributed by atoms with van der Waals surface area (Å²) in [5.74, 6) is 0.